The molecule has 1 saturated heterocycles. The molecular weight excluding hydrogens is 242 g/mol. The van der Waals surface area contributed by atoms with Gasteiger partial charge in [0.05, 0.1) is 6.10 Å². The third-order valence-electron chi connectivity index (χ3n) is 4.31. The summed E-state index contributed by atoms with van der Waals surface area (Å²) in [5, 5.41) is 9.61. The van der Waals surface area contributed by atoms with Crippen LogP contribution < -0.4 is 10.5 Å². The third kappa shape index (κ3) is 2.52. The van der Waals surface area contributed by atoms with Gasteiger partial charge in [0.1, 0.15) is 0 Å². The Morgan fingerprint density at radius 1 is 1.32 bits per heavy atom. The van der Waals surface area contributed by atoms with Crippen molar-refractivity contribution in [2.45, 2.75) is 44.8 Å². The fourth-order valence-corrected chi connectivity index (χ4v) is 2.86. The number of aliphatic hydroxyl groups is 1. The minimum absolute atomic E-state index is 0.0421. The van der Waals surface area contributed by atoms with Crippen molar-refractivity contribution in [3.05, 3.63) is 22.7 Å². The molecule has 0 bridgehead atoms. The lowest BCUT2D eigenvalue weighted by molar-refractivity contribution is 0.109. The lowest BCUT2D eigenvalue weighted by atomic mass is 9.92. The molecule has 0 aromatic carbocycles. The molecule has 2 fully saturated rings. The van der Waals surface area contributed by atoms with Crippen molar-refractivity contribution in [1.29, 1.82) is 0 Å². The molecule has 1 unspecified atom stereocenters. The van der Waals surface area contributed by atoms with Gasteiger partial charge in [-0.1, -0.05) is 0 Å². The number of hydrogen-bond acceptors (Lipinski definition) is 4. The maximum Gasteiger partial charge on any atom is 0.293 e. The minimum atomic E-state index is -0.256. The third-order valence-corrected chi connectivity index (χ3v) is 4.31. The molecule has 1 aliphatic heterocycles. The summed E-state index contributed by atoms with van der Waals surface area (Å²) in [6, 6.07) is 0.393. The first-order chi connectivity index (χ1) is 9.16. The van der Waals surface area contributed by atoms with Crippen LogP contribution >= 0.6 is 0 Å². The zero-order chi connectivity index (χ0) is 13.4. The van der Waals surface area contributed by atoms with E-state index in [1.165, 1.54) is 0 Å². The van der Waals surface area contributed by atoms with E-state index in [-0.39, 0.29) is 11.7 Å². The van der Waals surface area contributed by atoms with Crippen molar-refractivity contribution in [2.75, 3.05) is 18.0 Å². The fourth-order valence-electron chi connectivity index (χ4n) is 2.86. The van der Waals surface area contributed by atoms with Gasteiger partial charge in [-0.05, 0) is 38.5 Å². The molecule has 1 aliphatic carbocycles. The van der Waals surface area contributed by atoms with E-state index in [1.54, 1.807) is 12.4 Å². The molecule has 1 aromatic rings. The second kappa shape index (κ2) is 4.96. The minimum Gasteiger partial charge on any atom is -0.393 e. The normalized spacial score (nSPS) is 22.5. The highest BCUT2D eigenvalue weighted by Gasteiger charge is 2.28. The van der Waals surface area contributed by atoms with Crippen LogP contribution in [0.3, 0.4) is 0 Å². The van der Waals surface area contributed by atoms with Gasteiger partial charge in [0.15, 0.2) is 5.82 Å². The fraction of sp³-hybridized carbons (Fsp3) is 0.714. The topological polar surface area (TPSA) is 58.4 Å². The van der Waals surface area contributed by atoms with Gasteiger partial charge >= 0.3 is 0 Å². The number of piperidine rings is 1. The summed E-state index contributed by atoms with van der Waals surface area (Å²) in [6.45, 7) is 3.47. The number of hydrogen-bond donors (Lipinski definition) is 1. The molecule has 0 amide bonds. The van der Waals surface area contributed by atoms with Crippen molar-refractivity contribution in [2.24, 2.45) is 5.92 Å². The first-order valence-corrected chi connectivity index (χ1v) is 7.17. The zero-order valence-electron chi connectivity index (χ0n) is 11.3. The number of rotatable bonds is 3. The van der Waals surface area contributed by atoms with Crippen LogP contribution in [0.2, 0.25) is 0 Å². The van der Waals surface area contributed by atoms with E-state index in [0.29, 0.717) is 17.8 Å². The standard InChI is InChI=1S/C14H21N3O2/c1-10(18)11-4-7-16(8-5-11)13-14(19)17(9-6-15-13)12-2-3-12/h6,9-12,18H,2-5,7-8H2,1H3. The van der Waals surface area contributed by atoms with Gasteiger partial charge < -0.3 is 14.6 Å². The Bertz CT molecular complexity index is 500. The maximum absolute atomic E-state index is 12.4. The van der Waals surface area contributed by atoms with Crippen LogP contribution in [-0.2, 0) is 0 Å². The molecule has 5 heteroatoms. The number of nitrogens with zero attached hydrogens (tertiary/aromatic N) is 3. The average Bonchev–Trinajstić information content (AvgIpc) is 3.23. The van der Waals surface area contributed by atoms with Crippen molar-refractivity contribution >= 4 is 5.82 Å². The molecule has 0 spiro atoms. The van der Waals surface area contributed by atoms with Crippen molar-refractivity contribution < 1.29 is 5.11 Å². The van der Waals surface area contributed by atoms with Crippen molar-refractivity contribution in [1.82, 2.24) is 9.55 Å². The lowest BCUT2D eigenvalue weighted by Gasteiger charge is -2.33. The first-order valence-electron chi connectivity index (χ1n) is 7.17. The highest BCUT2D eigenvalue weighted by Crippen LogP contribution is 2.33. The van der Waals surface area contributed by atoms with Gasteiger partial charge in [0.2, 0.25) is 0 Å². The summed E-state index contributed by atoms with van der Waals surface area (Å²) in [7, 11) is 0. The van der Waals surface area contributed by atoms with Gasteiger partial charge in [0, 0.05) is 31.5 Å². The molecule has 19 heavy (non-hydrogen) atoms. The molecule has 0 radical (unpaired) electrons. The monoisotopic (exact) mass is 263 g/mol. The highest BCUT2D eigenvalue weighted by atomic mass is 16.3. The second-order valence-electron chi connectivity index (χ2n) is 5.76. The molecule has 2 heterocycles. The smallest absolute Gasteiger partial charge is 0.293 e. The Hall–Kier alpha value is -1.36. The van der Waals surface area contributed by atoms with E-state index < -0.39 is 0 Å². The van der Waals surface area contributed by atoms with Crippen molar-refractivity contribution in [3.8, 4) is 0 Å². The lowest BCUT2D eigenvalue weighted by Crippen LogP contribution is -2.41. The zero-order valence-corrected chi connectivity index (χ0v) is 11.3. The van der Waals surface area contributed by atoms with Gasteiger partial charge in [-0.3, -0.25) is 4.79 Å². The van der Waals surface area contributed by atoms with E-state index in [1.807, 2.05) is 11.5 Å². The van der Waals surface area contributed by atoms with E-state index in [2.05, 4.69) is 9.88 Å². The van der Waals surface area contributed by atoms with Crippen LogP contribution in [0.15, 0.2) is 17.2 Å². The Morgan fingerprint density at radius 2 is 2.00 bits per heavy atom. The molecule has 2 aliphatic rings. The average molecular weight is 263 g/mol. The van der Waals surface area contributed by atoms with E-state index in [4.69, 9.17) is 0 Å². The van der Waals surface area contributed by atoms with Crippen LogP contribution in [-0.4, -0.2) is 33.9 Å². The highest BCUT2D eigenvalue weighted by molar-refractivity contribution is 5.36. The van der Waals surface area contributed by atoms with Crippen LogP contribution in [0.5, 0.6) is 0 Å². The van der Waals surface area contributed by atoms with Crippen LogP contribution in [0.4, 0.5) is 5.82 Å². The molecule has 1 atom stereocenters. The summed E-state index contributed by atoms with van der Waals surface area (Å²) in [6.07, 6.45) is 7.34. The number of aliphatic hydroxyl groups excluding tert-OH is 1. The van der Waals surface area contributed by atoms with Gasteiger partial charge in [-0.25, -0.2) is 4.98 Å². The number of aromatic nitrogens is 2. The summed E-state index contributed by atoms with van der Waals surface area (Å²) in [5.74, 6) is 0.934. The molecular formula is C14H21N3O2. The van der Waals surface area contributed by atoms with E-state index in [0.717, 1.165) is 38.8 Å². The quantitative estimate of drug-likeness (QED) is 0.889. The molecule has 3 rings (SSSR count). The molecule has 1 aromatic heterocycles. The predicted octanol–water partition coefficient (Wildman–Crippen LogP) is 1.18. The van der Waals surface area contributed by atoms with Crippen molar-refractivity contribution in [3.63, 3.8) is 0 Å². The largest absolute Gasteiger partial charge is 0.393 e. The van der Waals surface area contributed by atoms with Gasteiger partial charge in [-0.15, -0.1) is 0 Å². The Balaban J connectivity index is 1.76. The second-order valence-corrected chi connectivity index (χ2v) is 5.76. The first kappa shape index (κ1) is 12.7. The maximum atomic E-state index is 12.4. The van der Waals surface area contributed by atoms with Crippen LogP contribution in [0, 0.1) is 5.92 Å². The summed E-state index contributed by atoms with van der Waals surface area (Å²) < 4.78 is 1.82. The summed E-state index contributed by atoms with van der Waals surface area (Å²) in [4.78, 5) is 18.7. The molecule has 1 saturated carbocycles. The Morgan fingerprint density at radius 3 is 2.58 bits per heavy atom. The Labute approximate surface area is 112 Å². The summed E-state index contributed by atoms with van der Waals surface area (Å²) in [5.41, 5.74) is 0.0421. The number of anilines is 1. The molecule has 1 N–H and O–H groups in total. The van der Waals surface area contributed by atoms with E-state index >= 15 is 0 Å². The van der Waals surface area contributed by atoms with Crippen LogP contribution in [0.1, 0.15) is 38.6 Å². The predicted molar refractivity (Wildman–Crippen MR) is 73.4 cm³/mol. The Kier molecular flexibility index (Phi) is 3.31. The molecule has 5 nitrogen and oxygen atoms in total. The van der Waals surface area contributed by atoms with E-state index in [9.17, 15) is 9.90 Å². The van der Waals surface area contributed by atoms with Crippen LogP contribution in [0.25, 0.3) is 0 Å². The van der Waals surface area contributed by atoms with Gasteiger partial charge in [-0.2, -0.15) is 0 Å². The van der Waals surface area contributed by atoms with Gasteiger partial charge in [0.25, 0.3) is 5.56 Å². The summed E-state index contributed by atoms with van der Waals surface area (Å²) >= 11 is 0. The molecule has 104 valence electrons. The SMILES string of the molecule is CC(O)C1CCN(c2nccn(C3CC3)c2=O)CC1.